The summed E-state index contributed by atoms with van der Waals surface area (Å²) in [4.78, 5) is 11.2. The summed E-state index contributed by atoms with van der Waals surface area (Å²) in [5, 5.41) is 0. The lowest BCUT2D eigenvalue weighted by atomic mass is 10.0. The van der Waals surface area contributed by atoms with Gasteiger partial charge in [0.2, 0.25) is 0 Å². The van der Waals surface area contributed by atoms with Crippen molar-refractivity contribution < 1.29 is 9.53 Å². The molecule has 2 heteroatoms. The largest absolute Gasteiger partial charge is 0.462 e. The van der Waals surface area contributed by atoms with Crippen LogP contribution in [0.3, 0.4) is 0 Å². The molecule has 14 heavy (non-hydrogen) atoms. The molecule has 2 nitrogen and oxygen atoms in total. The second-order valence-electron chi connectivity index (χ2n) is 4.01. The first-order chi connectivity index (χ1) is 6.75. The van der Waals surface area contributed by atoms with Gasteiger partial charge in [0.1, 0.15) is 0 Å². The van der Waals surface area contributed by atoms with E-state index in [0.717, 1.165) is 12.0 Å². The first-order valence-electron chi connectivity index (χ1n) is 5.63. The molecule has 1 fully saturated rings. The number of ether oxygens (including phenoxy) is 1. The Labute approximate surface area is 86.3 Å². The van der Waals surface area contributed by atoms with Crippen molar-refractivity contribution >= 4 is 5.97 Å². The fraction of sp³-hybridized carbons (Fsp3) is 0.750. The average Bonchev–Trinajstić information content (AvgIpc) is 2.48. The molecule has 0 amide bonds. The molecular weight excluding hydrogens is 176 g/mol. The van der Waals surface area contributed by atoms with Gasteiger partial charge in [0, 0.05) is 11.5 Å². The Hall–Kier alpha value is -0.790. The van der Waals surface area contributed by atoms with Crippen molar-refractivity contribution in [3.05, 3.63) is 11.6 Å². The molecule has 0 bridgehead atoms. The third kappa shape index (κ3) is 3.17. The predicted molar refractivity (Wildman–Crippen MR) is 57.0 cm³/mol. The smallest absolute Gasteiger partial charge is 0.334 e. The highest BCUT2D eigenvalue weighted by atomic mass is 16.5. The van der Waals surface area contributed by atoms with Gasteiger partial charge in [0.25, 0.3) is 0 Å². The van der Waals surface area contributed by atoms with Crippen molar-refractivity contribution in [2.24, 2.45) is 5.92 Å². The van der Waals surface area contributed by atoms with Crippen molar-refractivity contribution in [3.63, 3.8) is 0 Å². The van der Waals surface area contributed by atoms with E-state index in [1.165, 1.54) is 25.7 Å². The molecule has 1 rings (SSSR count). The number of hydrogen-bond acceptors (Lipinski definition) is 2. The zero-order valence-corrected chi connectivity index (χ0v) is 9.21. The van der Waals surface area contributed by atoms with Crippen LogP contribution in [0.5, 0.6) is 0 Å². The van der Waals surface area contributed by atoms with Crippen LogP contribution in [0.1, 0.15) is 46.0 Å². The number of rotatable bonds is 5. The monoisotopic (exact) mass is 196 g/mol. The topological polar surface area (TPSA) is 26.3 Å². The van der Waals surface area contributed by atoms with E-state index in [1.54, 1.807) is 0 Å². The third-order valence-corrected chi connectivity index (χ3v) is 2.65. The second-order valence-corrected chi connectivity index (χ2v) is 4.01. The molecule has 80 valence electrons. The van der Waals surface area contributed by atoms with Gasteiger partial charge in [-0.1, -0.05) is 39.2 Å². The van der Waals surface area contributed by atoms with Gasteiger partial charge < -0.3 is 4.74 Å². The summed E-state index contributed by atoms with van der Waals surface area (Å²) in [6.07, 6.45) is 8.10. The van der Waals surface area contributed by atoms with E-state index in [1.807, 2.05) is 6.92 Å². The van der Waals surface area contributed by atoms with E-state index >= 15 is 0 Å². The molecule has 0 saturated carbocycles. The Balaban J connectivity index is 2.25. The Kier molecular flexibility index (Phi) is 4.71. The fourth-order valence-corrected chi connectivity index (χ4v) is 1.69. The average molecular weight is 196 g/mol. The Bertz CT molecular complexity index is 218. The number of carbonyl (C=O) groups excluding carboxylic acids is 1. The summed E-state index contributed by atoms with van der Waals surface area (Å²) in [7, 11) is 0. The van der Waals surface area contributed by atoms with E-state index in [4.69, 9.17) is 4.74 Å². The molecule has 0 aromatic rings. The van der Waals surface area contributed by atoms with Crippen molar-refractivity contribution in [1.29, 1.82) is 0 Å². The molecule has 1 heterocycles. The van der Waals surface area contributed by atoms with Crippen LogP contribution in [0.15, 0.2) is 11.6 Å². The van der Waals surface area contributed by atoms with Crippen LogP contribution in [0.2, 0.25) is 0 Å². The Morgan fingerprint density at radius 3 is 2.79 bits per heavy atom. The standard InChI is InChI=1S/C12H20O2/c1-3-4-5-6-7-8-11-10(2)9-14-12(11)13/h8,10H,3-7,9H2,1-2H3. The second kappa shape index (κ2) is 5.84. The molecule has 0 spiro atoms. The lowest BCUT2D eigenvalue weighted by molar-refractivity contribution is -0.135. The molecule has 0 aromatic carbocycles. The zero-order chi connectivity index (χ0) is 10.4. The van der Waals surface area contributed by atoms with Crippen molar-refractivity contribution in [3.8, 4) is 0 Å². The van der Waals surface area contributed by atoms with E-state index in [9.17, 15) is 4.79 Å². The zero-order valence-electron chi connectivity index (χ0n) is 9.21. The third-order valence-electron chi connectivity index (χ3n) is 2.65. The molecule has 0 aromatic heterocycles. The quantitative estimate of drug-likeness (QED) is 0.384. The first-order valence-corrected chi connectivity index (χ1v) is 5.63. The number of allylic oxidation sites excluding steroid dienone is 1. The van der Waals surface area contributed by atoms with Gasteiger partial charge in [0.05, 0.1) is 6.61 Å². The molecule has 1 aliphatic heterocycles. The summed E-state index contributed by atoms with van der Waals surface area (Å²) >= 11 is 0. The van der Waals surface area contributed by atoms with Gasteiger partial charge in [-0.05, 0) is 12.8 Å². The summed E-state index contributed by atoms with van der Waals surface area (Å²) in [6, 6.07) is 0. The molecule has 1 unspecified atom stereocenters. The van der Waals surface area contributed by atoms with Gasteiger partial charge in [-0.3, -0.25) is 0 Å². The minimum absolute atomic E-state index is 0.104. The number of cyclic esters (lactones) is 1. The summed E-state index contributed by atoms with van der Waals surface area (Å²) in [6.45, 7) is 4.82. The van der Waals surface area contributed by atoms with Gasteiger partial charge in [-0.25, -0.2) is 4.79 Å². The number of esters is 1. The Morgan fingerprint density at radius 1 is 1.43 bits per heavy atom. The van der Waals surface area contributed by atoms with Gasteiger partial charge in [-0.2, -0.15) is 0 Å². The van der Waals surface area contributed by atoms with Crippen LogP contribution < -0.4 is 0 Å². The van der Waals surface area contributed by atoms with E-state index in [2.05, 4.69) is 13.0 Å². The minimum Gasteiger partial charge on any atom is -0.462 e. The van der Waals surface area contributed by atoms with Crippen LogP contribution in [0.25, 0.3) is 0 Å². The molecule has 0 radical (unpaired) electrons. The van der Waals surface area contributed by atoms with Crippen molar-refractivity contribution in [2.45, 2.75) is 46.0 Å². The number of carbonyl (C=O) groups is 1. The summed E-state index contributed by atoms with van der Waals surface area (Å²) < 4.78 is 4.95. The highest BCUT2D eigenvalue weighted by Crippen LogP contribution is 2.21. The maximum Gasteiger partial charge on any atom is 0.334 e. The normalized spacial score (nSPS) is 24.3. The maximum absolute atomic E-state index is 11.2. The van der Waals surface area contributed by atoms with Gasteiger partial charge >= 0.3 is 5.97 Å². The molecule has 1 atom stereocenters. The van der Waals surface area contributed by atoms with E-state index < -0.39 is 0 Å². The summed E-state index contributed by atoms with van der Waals surface area (Å²) in [5.74, 6) is 0.196. The van der Waals surface area contributed by atoms with Crippen LogP contribution >= 0.6 is 0 Å². The van der Waals surface area contributed by atoms with Crippen LogP contribution in [0.4, 0.5) is 0 Å². The van der Waals surface area contributed by atoms with Gasteiger partial charge in [-0.15, -0.1) is 0 Å². The minimum atomic E-state index is -0.104. The highest BCUT2D eigenvalue weighted by molar-refractivity contribution is 5.90. The van der Waals surface area contributed by atoms with E-state index in [-0.39, 0.29) is 5.97 Å². The highest BCUT2D eigenvalue weighted by Gasteiger charge is 2.25. The van der Waals surface area contributed by atoms with Crippen molar-refractivity contribution in [2.75, 3.05) is 6.61 Å². The lowest BCUT2D eigenvalue weighted by Crippen LogP contribution is -1.98. The van der Waals surface area contributed by atoms with Crippen LogP contribution in [0, 0.1) is 5.92 Å². The number of unbranched alkanes of at least 4 members (excludes halogenated alkanes) is 4. The molecule has 1 saturated heterocycles. The maximum atomic E-state index is 11.2. The molecule has 0 aliphatic carbocycles. The van der Waals surface area contributed by atoms with Gasteiger partial charge in [0.15, 0.2) is 0 Å². The molecule has 1 aliphatic rings. The SMILES string of the molecule is CCCCCCC=C1C(=O)OCC1C. The van der Waals surface area contributed by atoms with Crippen molar-refractivity contribution in [1.82, 2.24) is 0 Å². The number of hydrogen-bond donors (Lipinski definition) is 0. The lowest BCUT2D eigenvalue weighted by Gasteiger charge is -1.99. The van der Waals surface area contributed by atoms with Crippen LogP contribution in [-0.2, 0) is 9.53 Å². The van der Waals surface area contributed by atoms with Crippen LogP contribution in [-0.4, -0.2) is 12.6 Å². The molecular formula is C12H20O2. The fourth-order valence-electron chi connectivity index (χ4n) is 1.69. The molecule has 0 N–H and O–H groups in total. The van der Waals surface area contributed by atoms with E-state index in [0.29, 0.717) is 12.5 Å². The first kappa shape index (κ1) is 11.3. The Morgan fingerprint density at radius 2 is 2.21 bits per heavy atom. The summed E-state index contributed by atoms with van der Waals surface area (Å²) in [5.41, 5.74) is 0.890. The predicted octanol–water partition coefficient (Wildman–Crippen LogP) is 3.08.